The van der Waals surface area contributed by atoms with E-state index in [1.165, 1.54) is 0 Å². The molecule has 0 spiro atoms. The zero-order valence-corrected chi connectivity index (χ0v) is 13.7. The number of para-hydroxylation sites is 1. The van der Waals surface area contributed by atoms with Crippen LogP contribution in [0.25, 0.3) is 16.3 Å². The maximum absolute atomic E-state index is 12.2. The van der Waals surface area contributed by atoms with E-state index >= 15 is 0 Å². The summed E-state index contributed by atoms with van der Waals surface area (Å²) in [6.07, 6.45) is 1.79. The number of carbonyl (C=O) groups excluding carboxylic acids is 1. The third-order valence-electron chi connectivity index (χ3n) is 3.80. The van der Waals surface area contributed by atoms with Crippen molar-refractivity contribution in [1.29, 1.82) is 0 Å². The van der Waals surface area contributed by atoms with Gasteiger partial charge in [-0.2, -0.15) is 0 Å². The lowest BCUT2D eigenvalue weighted by molar-refractivity contribution is -0.115. The molecule has 6 heteroatoms. The minimum atomic E-state index is -0.197. The highest BCUT2D eigenvalue weighted by Crippen LogP contribution is 2.22. The minimum Gasteiger partial charge on any atom is -0.315 e. The molecule has 0 aliphatic carbocycles. The Morgan fingerprint density at radius 3 is 2.83 bits per heavy atom. The molecule has 0 atom stereocenters. The van der Waals surface area contributed by atoms with Crippen molar-refractivity contribution in [2.45, 2.75) is 0 Å². The topological polar surface area (TPSA) is 57.6 Å². The number of nitrogens with one attached hydrogen (secondary N) is 1. The van der Waals surface area contributed by atoms with Crippen LogP contribution in [0.5, 0.6) is 0 Å². The first kappa shape index (κ1) is 14.6. The van der Waals surface area contributed by atoms with E-state index in [1.54, 1.807) is 17.4 Å². The summed E-state index contributed by atoms with van der Waals surface area (Å²) in [7, 11) is 1.88. The van der Waals surface area contributed by atoms with Gasteiger partial charge in [0.05, 0.1) is 15.7 Å². The highest BCUT2D eigenvalue weighted by molar-refractivity contribution is 7.16. The van der Waals surface area contributed by atoms with Crippen molar-refractivity contribution >= 4 is 45.2 Å². The second kappa shape index (κ2) is 5.90. The second-order valence-electron chi connectivity index (χ2n) is 5.39. The van der Waals surface area contributed by atoms with Crippen molar-refractivity contribution in [3.8, 4) is 0 Å². The molecule has 4 rings (SSSR count). The number of fused-ring (bicyclic) bond motifs is 1. The lowest BCUT2D eigenvalue weighted by atomic mass is 10.2. The SMILES string of the molecule is CN(C1=NC(=Cc2ccc3ncsc3c2)C(=O)N1)c1ccccc1. The standard InChI is InChI=1S/C18H14N4OS/c1-22(13-5-3-2-4-6-13)18-20-15(17(23)21-18)9-12-7-8-14-16(10-12)24-11-19-14/h2-11H,1H3,(H,20,21,23). The first-order chi connectivity index (χ1) is 11.7. The Hall–Kier alpha value is -2.99. The number of anilines is 1. The summed E-state index contributed by atoms with van der Waals surface area (Å²) in [6.45, 7) is 0. The van der Waals surface area contributed by atoms with Gasteiger partial charge in [0.15, 0.2) is 0 Å². The molecule has 1 amide bonds. The van der Waals surface area contributed by atoms with Gasteiger partial charge in [-0.05, 0) is 35.9 Å². The number of aromatic nitrogens is 1. The van der Waals surface area contributed by atoms with E-state index in [1.807, 2.05) is 66.0 Å². The van der Waals surface area contributed by atoms with Gasteiger partial charge < -0.3 is 4.90 Å². The van der Waals surface area contributed by atoms with E-state index < -0.39 is 0 Å². The molecule has 0 saturated heterocycles. The molecule has 1 N–H and O–H groups in total. The van der Waals surface area contributed by atoms with E-state index in [0.29, 0.717) is 11.7 Å². The third-order valence-corrected chi connectivity index (χ3v) is 4.60. The van der Waals surface area contributed by atoms with Gasteiger partial charge in [-0.3, -0.25) is 10.1 Å². The van der Waals surface area contributed by atoms with E-state index in [0.717, 1.165) is 21.5 Å². The van der Waals surface area contributed by atoms with Gasteiger partial charge in [-0.15, -0.1) is 11.3 Å². The summed E-state index contributed by atoms with van der Waals surface area (Å²) in [4.78, 5) is 22.8. The molecule has 1 aromatic heterocycles. The molecule has 0 radical (unpaired) electrons. The predicted molar refractivity (Wildman–Crippen MR) is 98.0 cm³/mol. The van der Waals surface area contributed by atoms with Crippen molar-refractivity contribution in [1.82, 2.24) is 10.3 Å². The smallest absolute Gasteiger partial charge is 0.276 e. The number of thiazole rings is 1. The summed E-state index contributed by atoms with van der Waals surface area (Å²) >= 11 is 1.58. The van der Waals surface area contributed by atoms with Crippen molar-refractivity contribution in [3.05, 3.63) is 65.3 Å². The van der Waals surface area contributed by atoms with Gasteiger partial charge in [0.25, 0.3) is 5.91 Å². The van der Waals surface area contributed by atoms with E-state index in [9.17, 15) is 4.79 Å². The quantitative estimate of drug-likeness (QED) is 0.732. The third kappa shape index (κ3) is 2.68. The number of amides is 1. The van der Waals surface area contributed by atoms with Gasteiger partial charge in [0.2, 0.25) is 5.96 Å². The van der Waals surface area contributed by atoms with E-state index in [-0.39, 0.29) is 5.91 Å². The van der Waals surface area contributed by atoms with Crippen molar-refractivity contribution in [2.75, 3.05) is 11.9 Å². The van der Waals surface area contributed by atoms with Crippen LogP contribution < -0.4 is 10.2 Å². The fourth-order valence-electron chi connectivity index (χ4n) is 2.51. The first-order valence-electron chi connectivity index (χ1n) is 7.44. The Bertz CT molecular complexity index is 975. The number of hydrogen-bond donors (Lipinski definition) is 1. The Balaban J connectivity index is 1.65. The summed E-state index contributed by atoms with van der Waals surface area (Å²) < 4.78 is 1.09. The highest BCUT2D eigenvalue weighted by Gasteiger charge is 2.23. The Labute approximate surface area is 143 Å². The Morgan fingerprint density at radius 1 is 1.17 bits per heavy atom. The fraction of sp³-hybridized carbons (Fsp3) is 0.0556. The number of rotatable bonds is 2. The molecular formula is C18H14N4OS. The molecule has 2 heterocycles. The maximum atomic E-state index is 12.2. The zero-order valence-electron chi connectivity index (χ0n) is 12.9. The van der Waals surface area contributed by atoms with Crippen molar-refractivity contribution < 1.29 is 4.79 Å². The second-order valence-corrected chi connectivity index (χ2v) is 6.28. The van der Waals surface area contributed by atoms with E-state index in [4.69, 9.17) is 0 Å². The molecule has 0 saturated carbocycles. The van der Waals surface area contributed by atoms with E-state index in [2.05, 4.69) is 15.3 Å². The first-order valence-corrected chi connectivity index (χ1v) is 8.32. The minimum absolute atomic E-state index is 0.197. The van der Waals surface area contributed by atoms with Gasteiger partial charge >= 0.3 is 0 Å². The molecular weight excluding hydrogens is 320 g/mol. The van der Waals surface area contributed by atoms with Crippen LogP contribution in [0.3, 0.4) is 0 Å². The number of carbonyl (C=O) groups is 1. The summed E-state index contributed by atoms with van der Waals surface area (Å²) in [5.41, 5.74) is 5.07. The lowest BCUT2D eigenvalue weighted by Crippen LogP contribution is -2.37. The molecule has 2 aromatic carbocycles. The molecule has 3 aromatic rings. The van der Waals surface area contributed by atoms with Crippen molar-refractivity contribution in [2.24, 2.45) is 4.99 Å². The monoisotopic (exact) mass is 334 g/mol. The van der Waals surface area contributed by atoms with Gasteiger partial charge in [-0.25, -0.2) is 9.98 Å². The van der Waals surface area contributed by atoms with Crippen LogP contribution >= 0.6 is 11.3 Å². The molecule has 5 nitrogen and oxygen atoms in total. The Kier molecular flexibility index (Phi) is 3.59. The summed E-state index contributed by atoms with van der Waals surface area (Å²) in [5.74, 6) is 0.327. The largest absolute Gasteiger partial charge is 0.315 e. The van der Waals surface area contributed by atoms with Crippen molar-refractivity contribution in [3.63, 3.8) is 0 Å². The zero-order chi connectivity index (χ0) is 16.5. The summed E-state index contributed by atoms with van der Waals surface area (Å²) in [6, 6.07) is 15.7. The molecule has 0 unspecified atom stereocenters. The predicted octanol–water partition coefficient (Wildman–Crippen LogP) is 3.26. The molecule has 118 valence electrons. The van der Waals surface area contributed by atoms with Crippen LogP contribution in [0.15, 0.2) is 64.7 Å². The number of aliphatic imine (C=N–C) groups is 1. The number of benzene rings is 2. The molecule has 0 fully saturated rings. The van der Waals surface area contributed by atoms with Gasteiger partial charge in [0.1, 0.15) is 5.70 Å². The lowest BCUT2D eigenvalue weighted by Gasteiger charge is -2.17. The number of guanidine groups is 1. The molecule has 1 aliphatic rings. The van der Waals surface area contributed by atoms with Crippen LogP contribution in [-0.2, 0) is 4.79 Å². The van der Waals surface area contributed by atoms with Gasteiger partial charge in [-0.1, -0.05) is 24.3 Å². The highest BCUT2D eigenvalue weighted by atomic mass is 32.1. The molecule has 24 heavy (non-hydrogen) atoms. The maximum Gasteiger partial charge on any atom is 0.276 e. The molecule has 0 bridgehead atoms. The van der Waals surface area contributed by atoms with Crippen LogP contribution in [0.2, 0.25) is 0 Å². The fourth-order valence-corrected chi connectivity index (χ4v) is 3.23. The van der Waals surface area contributed by atoms with Crippen LogP contribution in [-0.4, -0.2) is 23.9 Å². The average Bonchev–Trinajstić information content (AvgIpc) is 3.21. The van der Waals surface area contributed by atoms with Crippen LogP contribution in [0.1, 0.15) is 5.56 Å². The Morgan fingerprint density at radius 2 is 2.00 bits per heavy atom. The average molecular weight is 334 g/mol. The number of nitrogens with zero attached hydrogens (tertiary/aromatic N) is 3. The van der Waals surface area contributed by atoms with Crippen LogP contribution in [0, 0.1) is 0 Å². The normalized spacial score (nSPS) is 15.6. The number of hydrogen-bond acceptors (Lipinski definition) is 5. The van der Waals surface area contributed by atoms with Gasteiger partial charge in [0, 0.05) is 12.7 Å². The van der Waals surface area contributed by atoms with Crippen LogP contribution in [0.4, 0.5) is 5.69 Å². The molecule has 1 aliphatic heterocycles. The summed E-state index contributed by atoms with van der Waals surface area (Å²) in [5, 5.41) is 2.81.